The number of amides is 2. The first-order valence-electron chi connectivity index (χ1n) is 12.6. The Hall–Kier alpha value is -3.41. The maximum atomic E-state index is 14.7. The van der Waals surface area contributed by atoms with Crippen molar-refractivity contribution >= 4 is 57.4 Å². The van der Waals surface area contributed by atoms with Gasteiger partial charge in [-0.05, 0) is 32.0 Å². The Labute approximate surface area is 240 Å². The van der Waals surface area contributed by atoms with E-state index in [1.807, 2.05) is 0 Å². The molecule has 2 amide bonds. The molecule has 2 heterocycles. The second kappa shape index (κ2) is 12.0. The third-order valence-corrected chi connectivity index (χ3v) is 7.74. The van der Waals surface area contributed by atoms with Crippen molar-refractivity contribution in [2.45, 2.75) is 38.9 Å². The standard InChI is InChI=1S/C27H30Cl2FN5O5/c1-27(2,23(36)25(37)31-3)26(38)35-9-7-14(8-10-35)40-20-11-15-18(12-19(20)39-4)32-13-33-24(15)34-17-6-5-16(28)21(29)22(17)30/h5-6,11-14,23,36H,7-10H2,1-4H3,(H,31,37)(H,32,33,34). The average Bonchev–Trinajstić information content (AvgIpc) is 2.96. The zero-order valence-electron chi connectivity index (χ0n) is 22.4. The lowest BCUT2D eigenvalue weighted by atomic mass is 9.83. The Bertz CT molecular complexity index is 1430. The molecule has 0 aliphatic carbocycles. The number of carbonyl (C=O) groups excluding carboxylic acids is 2. The molecule has 4 rings (SSSR count). The summed E-state index contributed by atoms with van der Waals surface area (Å²) < 4.78 is 26.5. The number of nitrogens with zero attached hydrogens (tertiary/aromatic N) is 3. The van der Waals surface area contributed by atoms with E-state index in [1.165, 1.54) is 32.6 Å². The molecule has 0 bridgehead atoms. The van der Waals surface area contributed by atoms with Crippen LogP contribution in [0.3, 0.4) is 0 Å². The predicted molar refractivity (Wildman–Crippen MR) is 150 cm³/mol. The van der Waals surface area contributed by atoms with Gasteiger partial charge >= 0.3 is 0 Å². The van der Waals surface area contributed by atoms with E-state index in [-0.39, 0.29) is 27.7 Å². The fraction of sp³-hybridized carbons (Fsp3) is 0.407. The van der Waals surface area contributed by atoms with Gasteiger partial charge in [0.05, 0.1) is 33.8 Å². The third kappa shape index (κ3) is 5.86. The monoisotopic (exact) mass is 593 g/mol. The van der Waals surface area contributed by atoms with Gasteiger partial charge in [0.2, 0.25) is 11.8 Å². The molecule has 0 saturated carbocycles. The highest BCUT2D eigenvalue weighted by molar-refractivity contribution is 6.42. The molecule has 10 nitrogen and oxygen atoms in total. The Morgan fingerprint density at radius 3 is 2.52 bits per heavy atom. The molecule has 1 unspecified atom stereocenters. The van der Waals surface area contributed by atoms with Crippen LogP contribution in [0.15, 0.2) is 30.6 Å². The number of nitrogens with one attached hydrogen (secondary N) is 2. The SMILES string of the molecule is CNC(=O)C(O)C(C)(C)C(=O)N1CCC(Oc2cc3c(Nc4ccc(Cl)c(Cl)c4F)ncnc3cc2OC)CC1. The summed E-state index contributed by atoms with van der Waals surface area (Å²) in [5.74, 6) is -0.424. The van der Waals surface area contributed by atoms with Crippen LogP contribution in [0, 0.1) is 11.2 Å². The van der Waals surface area contributed by atoms with Gasteiger partial charge in [-0.3, -0.25) is 9.59 Å². The highest BCUT2D eigenvalue weighted by Gasteiger charge is 2.43. The van der Waals surface area contributed by atoms with Crippen LogP contribution in [0.2, 0.25) is 10.0 Å². The first-order valence-corrected chi connectivity index (χ1v) is 13.3. The molecule has 40 heavy (non-hydrogen) atoms. The first kappa shape index (κ1) is 29.6. The summed E-state index contributed by atoms with van der Waals surface area (Å²) in [5, 5.41) is 16.1. The third-order valence-electron chi connectivity index (χ3n) is 6.96. The smallest absolute Gasteiger partial charge is 0.249 e. The lowest BCUT2D eigenvalue weighted by Crippen LogP contribution is -2.54. The van der Waals surface area contributed by atoms with Crippen molar-refractivity contribution in [1.82, 2.24) is 20.2 Å². The molecular weight excluding hydrogens is 564 g/mol. The van der Waals surface area contributed by atoms with Gasteiger partial charge in [0, 0.05) is 44.4 Å². The lowest BCUT2D eigenvalue weighted by Gasteiger charge is -2.38. The number of methoxy groups -OCH3 is 1. The number of likely N-dealkylation sites (tertiary alicyclic amines) is 1. The fourth-order valence-corrected chi connectivity index (χ4v) is 4.82. The van der Waals surface area contributed by atoms with Gasteiger partial charge in [0.25, 0.3) is 0 Å². The molecule has 1 aromatic heterocycles. The van der Waals surface area contributed by atoms with Crippen molar-refractivity contribution in [2.24, 2.45) is 5.41 Å². The van der Waals surface area contributed by atoms with E-state index in [1.54, 1.807) is 30.9 Å². The largest absolute Gasteiger partial charge is 0.493 e. The Balaban J connectivity index is 1.52. The van der Waals surface area contributed by atoms with Crippen molar-refractivity contribution in [3.05, 3.63) is 46.5 Å². The Morgan fingerprint density at radius 2 is 1.88 bits per heavy atom. The number of aliphatic hydroxyl groups excluding tert-OH is 1. The highest BCUT2D eigenvalue weighted by atomic mass is 35.5. The van der Waals surface area contributed by atoms with Crippen LogP contribution >= 0.6 is 23.2 Å². The van der Waals surface area contributed by atoms with Crippen LogP contribution in [-0.4, -0.2) is 71.2 Å². The van der Waals surface area contributed by atoms with Crippen LogP contribution in [0.5, 0.6) is 11.5 Å². The molecule has 1 aliphatic rings. The van der Waals surface area contributed by atoms with Gasteiger partial charge < -0.3 is 30.1 Å². The summed E-state index contributed by atoms with van der Waals surface area (Å²) in [6, 6.07) is 6.35. The minimum atomic E-state index is -1.47. The van der Waals surface area contributed by atoms with E-state index in [0.717, 1.165) is 0 Å². The van der Waals surface area contributed by atoms with E-state index >= 15 is 0 Å². The summed E-state index contributed by atoms with van der Waals surface area (Å²) in [4.78, 5) is 35.2. The van der Waals surface area contributed by atoms with E-state index in [9.17, 15) is 19.1 Å². The van der Waals surface area contributed by atoms with Crippen LogP contribution < -0.4 is 20.1 Å². The second-order valence-corrected chi connectivity index (χ2v) is 10.7. The molecule has 3 N–H and O–H groups in total. The van der Waals surface area contributed by atoms with Gasteiger partial charge in [0.1, 0.15) is 24.4 Å². The van der Waals surface area contributed by atoms with Crippen LogP contribution in [0.25, 0.3) is 10.9 Å². The van der Waals surface area contributed by atoms with Crippen LogP contribution in [-0.2, 0) is 9.59 Å². The summed E-state index contributed by atoms with van der Waals surface area (Å²) in [5.41, 5.74) is -0.652. The van der Waals surface area contributed by atoms with Gasteiger partial charge in [-0.1, -0.05) is 23.2 Å². The summed E-state index contributed by atoms with van der Waals surface area (Å²) in [7, 11) is 2.92. The fourth-order valence-electron chi connectivity index (χ4n) is 4.51. The zero-order valence-corrected chi connectivity index (χ0v) is 23.9. The number of piperidine rings is 1. The number of likely N-dealkylation sites (N-methyl/N-ethyl adjacent to an activating group) is 1. The number of aromatic nitrogens is 2. The molecule has 1 atom stereocenters. The average molecular weight is 594 g/mol. The number of aliphatic hydroxyl groups is 1. The predicted octanol–water partition coefficient (Wildman–Crippen LogP) is 4.33. The molecule has 1 saturated heterocycles. The highest BCUT2D eigenvalue weighted by Crippen LogP contribution is 2.38. The molecule has 214 valence electrons. The molecule has 1 aliphatic heterocycles. The number of halogens is 3. The number of rotatable bonds is 8. The number of hydrogen-bond donors (Lipinski definition) is 3. The maximum absolute atomic E-state index is 14.7. The molecular formula is C27H30Cl2FN5O5. The quantitative estimate of drug-likeness (QED) is 0.329. The molecule has 1 fully saturated rings. The number of ether oxygens (including phenoxy) is 2. The van der Waals surface area contributed by atoms with Crippen molar-refractivity contribution < 1.29 is 28.6 Å². The van der Waals surface area contributed by atoms with Crippen molar-refractivity contribution in [2.75, 3.05) is 32.6 Å². The Morgan fingerprint density at radius 1 is 1.18 bits per heavy atom. The number of hydrogen-bond acceptors (Lipinski definition) is 8. The van der Waals surface area contributed by atoms with Crippen molar-refractivity contribution in [3.63, 3.8) is 0 Å². The second-order valence-electron chi connectivity index (χ2n) is 9.94. The van der Waals surface area contributed by atoms with E-state index in [0.29, 0.717) is 54.2 Å². The normalized spacial score (nSPS) is 15.1. The number of carbonyl (C=O) groups is 2. The first-order chi connectivity index (χ1) is 19.0. The van der Waals surface area contributed by atoms with E-state index in [4.69, 9.17) is 32.7 Å². The number of benzene rings is 2. The van der Waals surface area contributed by atoms with Crippen molar-refractivity contribution in [3.8, 4) is 11.5 Å². The van der Waals surface area contributed by atoms with E-state index in [2.05, 4.69) is 20.6 Å². The minimum Gasteiger partial charge on any atom is -0.493 e. The van der Waals surface area contributed by atoms with Gasteiger partial charge in [-0.25, -0.2) is 14.4 Å². The van der Waals surface area contributed by atoms with Gasteiger partial charge in [-0.15, -0.1) is 0 Å². The molecule has 13 heteroatoms. The molecule has 2 aromatic carbocycles. The molecule has 0 radical (unpaired) electrons. The zero-order chi connectivity index (χ0) is 29.2. The van der Waals surface area contributed by atoms with Crippen LogP contribution in [0.4, 0.5) is 15.9 Å². The maximum Gasteiger partial charge on any atom is 0.249 e. The lowest BCUT2D eigenvalue weighted by molar-refractivity contribution is -0.155. The Kier molecular flexibility index (Phi) is 8.86. The summed E-state index contributed by atoms with van der Waals surface area (Å²) in [6.45, 7) is 3.87. The minimum absolute atomic E-state index is 0.0918. The number of anilines is 2. The van der Waals surface area contributed by atoms with Crippen LogP contribution in [0.1, 0.15) is 26.7 Å². The molecule has 3 aromatic rings. The summed E-state index contributed by atoms with van der Waals surface area (Å²) >= 11 is 11.9. The van der Waals surface area contributed by atoms with Gasteiger partial charge in [0.15, 0.2) is 17.3 Å². The van der Waals surface area contributed by atoms with Gasteiger partial charge in [-0.2, -0.15) is 0 Å². The van der Waals surface area contributed by atoms with E-state index < -0.39 is 23.2 Å². The van der Waals surface area contributed by atoms with Crippen molar-refractivity contribution in [1.29, 1.82) is 0 Å². The number of fused-ring (bicyclic) bond motifs is 1. The topological polar surface area (TPSA) is 126 Å². The summed E-state index contributed by atoms with van der Waals surface area (Å²) in [6.07, 6.45) is 0.669. The molecule has 0 spiro atoms.